The van der Waals surface area contributed by atoms with Crippen LogP contribution in [0, 0.1) is 0 Å². The van der Waals surface area contributed by atoms with Crippen molar-refractivity contribution < 1.29 is 34.0 Å². The summed E-state index contributed by atoms with van der Waals surface area (Å²) in [4.78, 5) is 21.1. The van der Waals surface area contributed by atoms with Crippen molar-refractivity contribution in [1.82, 2.24) is 0 Å². The van der Waals surface area contributed by atoms with Gasteiger partial charge in [-0.2, -0.15) is 0 Å². The normalized spacial score (nSPS) is 13.8. The Morgan fingerprint density at radius 3 is 2.10 bits per heavy atom. The molecular formula is C14H24O7. The van der Waals surface area contributed by atoms with Gasteiger partial charge in [0.25, 0.3) is 0 Å². The lowest BCUT2D eigenvalue weighted by Crippen LogP contribution is -2.27. The maximum Gasteiger partial charge on any atom is 0.335 e. The molecule has 0 bridgehead atoms. The van der Waals surface area contributed by atoms with Crippen LogP contribution in [0.4, 0.5) is 0 Å². The van der Waals surface area contributed by atoms with E-state index in [1.54, 1.807) is 13.8 Å². The van der Waals surface area contributed by atoms with Crippen molar-refractivity contribution in [2.24, 2.45) is 0 Å². The van der Waals surface area contributed by atoms with Crippen LogP contribution in [0.3, 0.4) is 0 Å². The maximum absolute atomic E-state index is 10.8. The van der Waals surface area contributed by atoms with E-state index in [4.69, 9.17) is 19.7 Å². The molecule has 0 aliphatic carbocycles. The third kappa shape index (κ3) is 13.1. The Bertz CT molecular complexity index is 349. The summed E-state index contributed by atoms with van der Waals surface area (Å²) in [7, 11) is 0. The first-order valence-electron chi connectivity index (χ1n) is 6.32. The summed E-state index contributed by atoms with van der Waals surface area (Å²) in [5, 5.41) is 17.3. The number of rotatable bonds is 7. The van der Waals surface area contributed by atoms with Gasteiger partial charge in [0.1, 0.15) is 6.10 Å². The second-order valence-corrected chi connectivity index (χ2v) is 3.98. The smallest absolute Gasteiger partial charge is 0.335 e. The predicted octanol–water partition coefficient (Wildman–Crippen LogP) is 0.903. The highest BCUT2D eigenvalue weighted by Gasteiger charge is 2.13. The van der Waals surface area contributed by atoms with Crippen molar-refractivity contribution in [2.75, 3.05) is 6.61 Å². The largest absolute Gasteiger partial charge is 0.433 e. The van der Waals surface area contributed by atoms with E-state index in [-0.39, 0.29) is 0 Å². The summed E-state index contributed by atoms with van der Waals surface area (Å²) in [6.45, 7) is 13.5. The van der Waals surface area contributed by atoms with Gasteiger partial charge in [0, 0.05) is 18.3 Å². The molecule has 3 unspecified atom stereocenters. The first-order valence-corrected chi connectivity index (χ1v) is 6.32. The Morgan fingerprint density at radius 2 is 1.76 bits per heavy atom. The van der Waals surface area contributed by atoms with Gasteiger partial charge in [0.15, 0.2) is 6.29 Å². The average Bonchev–Trinajstić information content (AvgIpc) is 2.39. The van der Waals surface area contributed by atoms with Gasteiger partial charge >= 0.3 is 11.9 Å². The fraction of sp³-hybridized carbons (Fsp3) is 0.571. The van der Waals surface area contributed by atoms with Crippen molar-refractivity contribution in [3.05, 3.63) is 24.8 Å². The Hall–Kier alpha value is -1.70. The lowest BCUT2D eigenvalue weighted by atomic mass is 10.4. The van der Waals surface area contributed by atoms with Gasteiger partial charge in [-0.3, -0.25) is 0 Å². The van der Waals surface area contributed by atoms with E-state index in [0.29, 0.717) is 12.2 Å². The van der Waals surface area contributed by atoms with Gasteiger partial charge in [-0.1, -0.05) is 13.2 Å². The molecule has 0 heterocycles. The van der Waals surface area contributed by atoms with E-state index >= 15 is 0 Å². The van der Waals surface area contributed by atoms with Gasteiger partial charge < -0.3 is 24.4 Å². The van der Waals surface area contributed by atoms with Gasteiger partial charge in [-0.15, -0.1) is 0 Å². The fourth-order valence-electron chi connectivity index (χ4n) is 0.786. The molecule has 0 aliphatic rings. The minimum absolute atomic E-state index is 0.386. The molecule has 0 aromatic heterocycles. The number of esters is 2. The zero-order valence-corrected chi connectivity index (χ0v) is 12.9. The van der Waals surface area contributed by atoms with Crippen LogP contribution in [0.5, 0.6) is 0 Å². The highest BCUT2D eigenvalue weighted by Crippen LogP contribution is 1.98. The van der Waals surface area contributed by atoms with Crippen LogP contribution in [0.15, 0.2) is 24.8 Å². The zero-order valence-electron chi connectivity index (χ0n) is 12.9. The summed E-state index contributed by atoms with van der Waals surface area (Å²) in [5.74, 6) is -1.17. The van der Waals surface area contributed by atoms with Crippen LogP contribution < -0.4 is 0 Å². The van der Waals surface area contributed by atoms with Gasteiger partial charge in [0.2, 0.25) is 6.29 Å². The molecule has 0 saturated carbocycles. The molecule has 0 fully saturated rings. The quantitative estimate of drug-likeness (QED) is 0.409. The van der Waals surface area contributed by atoms with Crippen molar-refractivity contribution >= 4 is 11.9 Å². The molecule has 0 aromatic carbocycles. The topological polar surface area (TPSA) is 102 Å². The number of hydrogen-bond donors (Lipinski definition) is 2. The van der Waals surface area contributed by atoms with Crippen molar-refractivity contribution in [3.63, 3.8) is 0 Å². The first-order chi connectivity index (χ1) is 9.65. The third-order valence-corrected chi connectivity index (χ3v) is 1.84. The van der Waals surface area contributed by atoms with E-state index in [1.165, 1.54) is 6.92 Å². The number of carbonyl (C=O) groups is 2. The molecule has 0 amide bonds. The molecule has 2 N–H and O–H groups in total. The number of hydrogen-bond acceptors (Lipinski definition) is 7. The molecule has 0 rings (SSSR count). The van der Waals surface area contributed by atoms with Gasteiger partial charge in [-0.05, 0) is 27.7 Å². The second-order valence-electron chi connectivity index (χ2n) is 3.98. The summed E-state index contributed by atoms with van der Waals surface area (Å²) in [6, 6.07) is 0. The van der Waals surface area contributed by atoms with Crippen LogP contribution >= 0.6 is 0 Å². The predicted molar refractivity (Wildman–Crippen MR) is 76.0 cm³/mol. The van der Waals surface area contributed by atoms with Crippen molar-refractivity contribution in [3.8, 4) is 0 Å². The molecule has 7 heteroatoms. The molecule has 122 valence electrons. The van der Waals surface area contributed by atoms with Crippen molar-refractivity contribution in [1.29, 1.82) is 0 Å². The molecule has 0 aromatic rings. The van der Waals surface area contributed by atoms with E-state index in [9.17, 15) is 9.59 Å². The Morgan fingerprint density at radius 1 is 1.24 bits per heavy atom. The highest BCUT2D eigenvalue weighted by atomic mass is 16.7. The summed E-state index contributed by atoms with van der Waals surface area (Å²) in [5.41, 5.74) is 0.386. The monoisotopic (exact) mass is 304 g/mol. The zero-order chi connectivity index (χ0) is 17.0. The molecule has 3 atom stereocenters. The molecule has 0 aliphatic heterocycles. The number of carbonyl (C=O) groups excluding carboxylic acids is 2. The van der Waals surface area contributed by atoms with E-state index in [2.05, 4.69) is 17.9 Å². The highest BCUT2D eigenvalue weighted by molar-refractivity contribution is 5.86. The molecular weight excluding hydrogens is 280 g/mol. The van der Waals surface area contributed by atoms with Crippen LogP contribution in [0.1, 0.15) is 27.7 Å². The molecule has 0 radical (unpaired) electrons. The molecule has 21 heavy (non-hydrogen) atoms. The van der Waals surface area contributed by atoms with Crippen LogP contribution in [-0.4, -0.2) is 47.4 Å². The van der Waals surface area contributed by atoms with E-state index in [0.717, 1.165) is 6.08 Å². The second kappa shape index (κ2) is 12.1. The number of ether oxygens (including phenoxy) is 3. The van der Waals surface area contributed by atoms with Gasteiger partial charge in [0.05, 0.1) is 0 Å². The lowest BCUT2D eigenvalue weighted by Gasteiger charge is -2.12. The Labute approximate surface area is 124 Å². The van der Waals surface area contributed by atoms with E-state index < -0.39 is 30.6 Å². The van der Waals surface area contributed by atoms with Crippen LogP contribution in [0.25, 0.3) is 0 Å². The summed E-state index contributed by atoms with van der Waals surface area (Å²) in [6.07, 6.45) is -2.12. The average molecular weight is 304 g/mol. The minimum atomic E-state index is -1.47. The Balaban J connectivity index is 0. The van der Waals surface area contributed by atoms with Gasteiger partial charge in [-0.25, -0.2) is 9.59 Å². The molecule has 0 spiro atoms. The standard InChI is InChI=1S/C8H14O3.C6H10O4/c1-5-10-7(4)11-8(9)6(2)3;1-3-5(8)10-6(9)4(2)7/h7H,2,5H2,1,3-4H3;3-4,6-7,9H,1H2,2H3. The summed E-state index contributed by atoms with van der Waals surface area (Å²) < 4.78 is 14.0. The minimum Gasteiger partial charge on any atom is -0.433 e. The van der Waals surface area contributed by atoms with Crippen LogP contribution in [-0.2, 0) is 23.8 Å². The maximum atomic E-state index is 10.8. The molecule has 7 nitrogen and oxygen atoms in total. The fourth-order valence-corrected chi connectivity index (χ4v) is 0.786. The lowest BCUT2D eigenvalue weighted by molar-refractivity contribution is -0.178. The van der Waals surface area contributed by atoms with Crippen molar-refractivity contribution in [2.45, 2.75) is 46.4 Å². The summed E-state index contributed by atoms with van der Waals surface area (Å²) >= 11 is 0. The SMILES string of the molecule is C=C(C)C(=O)OC(C)OCC.C=CC(=O)OC(O)C(C)O. The molecule has 0 saturated heterocycles. The first kappa shape index (κ1) is 21.6. The Kier molecular flexibility index (Phi) is 12.4. The number of aliphatic hydroxyl groups is 2. The number of aliphatic hydroxyl groups excluding tert-OH is 2. The third-order valence-electron chi connectivity index (χ3n) is 1.84. The van der Waals surface area contributed by atoms with E-state index in [1.807, 2.05) is 6.92 Å². The van der Waals surface area contributed by atoms with Crippen LogP contribution in [0.2, 0.25) is 0 Å².